The Balaban J connectivity index is 1.66. The van der Waals surface area contributed by atoms with E-state index in [4.69, 9.17) is 14.2 Å². The Bertz CT molecular complexity index is 962. The zero-order valence-corrected chi connectivity index (χ0v) is 16.6. The molecule has 148 valence electrons. The number of esters is 1. The Morgan fingerprint density at radius 2 is 1.59 bits per heavy atom. The quantitative estimate of drug-likeness (QED) is 0.356. The van der Waals surface area contributed by atoms with E-state index in [0.29, 0.717) is 5.75 Å². The van der Waals surface area contributed by atoms with Crippen molar-refractivity contribution in [3.63, 3.8) is 0 Å². The molecule has 1 atom stereocenters. The Hall–Kier alpha value is -3.53. The van der Waals surface area contributed by atoms with Gasteiger partial charge in [0, 0.05) is 0 Å². The normalized spacial score (nSPS) is 11.4. The molecule has 0 N–H and O–H groups in total. The van der Waals surface area contributed by atoms with Gasteiger partial charge >= 0.3 is 5.97 Å². The molecule has 0 amide bonds. The summed E-state index contributed by atoms with van der Waals surface area (Å²) in [6, 6.07) is 24.4. The number of benzene rings is 3. The van der Waals surface area contributed by atoms with E-state index in [1.54, 1.807) is 7.11 Å². The molecule has 0 bridgehead atoms. The zero-order chi connectivity index (χ0) is 20.6. The van der Waals surface area contributed by atoms with E-state index in [0.717, 1.165) is 28.2 Å². The molecule has 0 radical (unpaired) electrons. The van der Waals surface area contributed by atoms with Crippen LogP contribution in [0.15, 0.2) is 91.0 Å². The summed E-state index contributed by atoms with van der Waals surface area (Å²) in [5, 5.41) is 0. The first-order valence-electron chi connectivity index (χ1n) is 9.34. The lowest BCUT2D eigenvalue weighted by Gasteiger charge is -2.17. The van der Waals surface area contributed by atoms with E-state index in [2.05, 4.69) is 6.58 Å². The Morgan fingerprint density at radius 3 is 2.24 bits per heavy atom. The molecule has 1 unspecified atom stereocenters. The van der Waals surface area contributed by atoms with Crippen LogP contribution in [-0.2, 0) is 16.1 Å². The van der Waals surface area contributed by atoms with Crippen molar-refractivity contribution in [3.05, 3.63) is 102 Å². The molecule has 0 aliphatic heterocycles. The highest BCUT2D eigenvalue weighted by atomic mass is 16.5. The van der Waals surface area contributed by atoms with Crippen LogP contribution in [0.4, 0.5) is 0 Å². The molecule has 3 aromatic carbocycles. The van der Waals surface area contributed by atoms with Crippen LogP contribution in [-0.4, -0.2) is 13.1 Å². The van der Waals surface area contributed by atoms with E-state index in [-0.39, 0.29) is 12.6 Å². The Labute approximate surface area is 171 Å². The van der Waals surface area contributed by atoms with Gasteiger partial charge in [0.1, 0.15) is 29.8 Å². The van der Waals surface area contributed by atoms with Gasteiger partial charge in [0.05, 0.1) is 7.11 Å². The fourth-order valence-electron chi connectivity index (χ4n) is 2.98. The molecule has 0 aliphatic carbocycles. The van der Waals surface area contributed by atoms with Crippen LogP contribution in [0.3, 0.4) is 0 Å². The summed E-state index contributed by atoms with van der Waals surface area (Å²) in [7, 11) is 1.61. The molecule has 0 saturated carbocycles. The highest BCUT2D eigenvalue weighted by Crippen LogP contribution is 2.27. The van der Waals surface area contributed by atoms with E-state index >= 15 is 0 Å². The summed E-state index contributed by atoms with van der Waals surface area (Å²) in [5.74, 6) is 1.32. The molecule has 0 fully saturated rings. The molecular weight excluding hydrogens is 364 g/mol. The van der Waals surface area contributed by atoms with Gasteiger partial charge in [-0.25, -0.2) is 0 Å². The van der Waals surface area contributed by atoms with Crippen LogP contribution in [0.2, 0.25) is 0 Å². The average molecular weight is 388 g/mol. The topological polar surface area (TPSA) is 44.8 Å². The number of carbonyl (C=O) groups excluding carboxylic acids is 1. The van der Waals surface area contributed by atoms with E-state index in [9.17, 15) is 4.79 Å². The maximum Gasteiger partial charge on any atom is 0.317 e. The molecule has 29 heavy (non-hydrogen) atoms. The summed E-state index contributed by atoms with van der Waals surface area (Å²) < 4.78 is 16.6. The zero-order valence-electron chi connectivity index (χ0n) is 16.6. The number of ether oxygens (including phenoxy) is 3. The summed E-state index contributed by atoms with van der Waals surface area (Å²) in [5.41, 5.74) is 2.40. The van der Waals surface area contributed by atoms with Crippen LogP contribution in [0, 0.1) is 0 Å². The number of rotatable bonds is 8. The van der Waals surface area contributed by atoms with Gasteiger partial charge < -0.3 is 14.2 Å². The number of hydrogen-bond acceptors (Lipinski definition) is 4. The lowest BCUT2D eigenvalue weighted by atomic mass is 9.93. The van der Waals surface area contributed by atoms with Crippen LogP contribution in [0.5, 0.6) is 17.2 Å². The molecule has 0 spiro atoms. The van der Waals surface area contributed by atoms with Gasteiger partial charge in [0.15, 0.2) is 0 Å². The van der Waals surface area contributed by atoms with Crippen molar-refractivity contribution in [3.8, 4) is 17.2 Å². The molecule has 0 saturated heterocycles. The third kappa shape index (κ3) is 5.48. The van der Waals surface area contributed by atoms with Crippen LogP contribution in [0.1, 0.15) is 24.0 Å². The number of carbonyl (C=O) groups is 1. The maximum absolute atomic E-state index is 12.7. The minimum absolute atomic E-state index is 0.157. The smallest absolute Gasteiger partial charge is 0.317 e. The second-order valence-electron chi connectivity index (χ2n) is 6.72. The van der Waals surface area contributed by atoms with Crippen molar-refractivity contribution in [1.82, 2.24) is 0 Å². The summed E-state index contributed by atoms with van der Waals surface area (Å²) >= 11 is 0. The molecule has 0 aliphatic rings. The summed E-state index contributed by atoms with van der Waals surface area (Å²) in [6.45, 7) is 5.94. The fraction of sp³-hybridized carbons (Fsp3) is 0.160. The molecule has 3 rings (SSSR count). The number of hydrogen-bond donors (Lipinski definition) is 0. The predicted octanol–water partition coefficient (Wildman–Crippen LogP) is 5.89. The molecule has 4 nitrogen and oxygen atoms in total. The standard InChI is InChI=1S/C25H24O4/c1-18(2)24(20-12-14-21(27-3)15-13-20)25(26)28-17-19-8-7-11-23(16-19)29-22-9-5-4-6-10-22/h4-16,24H,1,17H2,2-3H3. The van der Waals surface area contributed by atoms with Crippen LogP contribution < -0.4 is 9.47 Å². The first kappa shape index (κ1) is 20.2. The van der Waals surface area contributed by atoms with Gasteiger partial charge in [-0.05, 0) is 54.4 Å². The van der Waals surface area contributed by atoms with Crippen molar-refractivity contribution in [2.75, 3.05) is 7.11 Å². The Morgan fingerprint density at radius 1 is 0.897 bits per heavy atom. The van der Waals surface area contributed by atoms with Crippen molar-refractivity contribution >= 4 is 5.97 Å². The highest BCUT2D eigenvalue weighted by Gasteiger charge is 2.23. The van der Waals surface area contributed by atoms with Crippen molar-refractivity contribution in [1.29, 1.82) is 0 Å². The van der Waals surface area contributed by atoms with Crippen LogP contribution in [0.25, 0.3) is 0 Å². The second kappa shape index (κ2) is 9.60. The largest absolute Gasteiger partial charge is 0.497 e. The van der Waals surface area contributed by atoms with Gasteiger partial charge in [-0.2, -0.15) is 0 Å². The maximum atomic E-state index is 12.7. The predicted molar refractivity (Wildman–Crippen MR) is 113 cm³/mol. The second-order valence-corrected chi connectivity index (χ2v) is 6.72. The minimum atomic E-state index is -0.523. The van der Waals surface area contributed by atoms with E-state index in [1.165, 1.54) is 0 Å². The van der Waals surface area contributed by atoms with Gasteiger partial charge in [-0.3, -0.25) is 4.79 Å². The van der Waals surface area contributed by atoms with E-state index < -0.39 is 5.92 Å². The SMILES string of the molecule is C=C(C)C(C(=O)OCc1cccc(Oc2ccccc2)c1)c1ccc(OC)cc1. The molecule has 3 aromatic rings. The number of methoxy groups -OCH3 is 1. The summed E-state index contributed by atoms with van der Waals surface area (Å²) in [4.78, 5) is 12.7. The van der Waals surface area contributed by atoms with Crippen molar-refractivity contribution in [2.45, 2.75) is 19.4 Å². The minimum Gasteiger partial charge on any atom is -0.497 e. The first-order valence-corrected chi connectivity index (χ1v) is 9.34. The third-order valence-electron chi connectivity index (χ3n) is 4.44. The fourth-order valence-corrected chi connectivity index (χ4v) is 2.98. The number of para-hydroxylation sites is 1. The first-order chi connectivity index (χ1) is 14.1. The molecule has 0 heterocycles. The highest BCUT2D eigenvalue weighted by molar-refractivity contribution is 5.81. The van der Waals surface area contributed by atoms with Crippen molar-refractivity contribution < 1.29 is 19.0 Å². The van der Waals surface area contributed by atoms with Gasteiger partial charge in [0.25, 0.3) is 0 Å². The van der Waals surface area contributed by atoms with Gasteiger partial charge in [-0.1, -0.05) is 54.6 Å². The van der Waals surface area contributed by atoms with Crippen molar-refractivity contribution in [2.24, 2.45) is 0 Å². The van der Waals surface area contributed by atoms with Crippen LogP contribution >= 0.6 is 0 Å². The van der Waals surface area contributed by atoms with Gasteiger partial charge in [-0.15, -0.1) is 0 Å². The summed E-state index contributed by atoms with van der Waals surface area (Å²) in [6.07, 6.45) is 0. The lowest BCUT2D eigenvalue weighted by molar-refractivity contribution is -0.145. The average Bonchev–Trinajstić information content (AvgIpc) is 2.74. The monoisotopic (exact) mass is 388 g/mol. The third-order valence-corrected chi connectivity index (χ3v) is 4.44. The van der Waals surface area contributed by atoms with E-state index in [1.807, 2.05) is 85.8 Å². The Kier molecular flexibility index (Phi) is 6.69. The molecular formula is C25H24O4. The molecule has 4 heteroatoms. The molecule has 0 aromatic heterocycles. The lowest BCUT2D eigenvalue weighted by Crippen LogP contribution is -2.17. The van der Waals surface area contributed by atoms with Gasteiger partial charge in [0.2, 0.25) is 0 Å².